The summed E-state index contributed by atoms with van der Waals surface area (Å²) in [5.74, 6) is -0.549. The molecule has 0 aromatic carbocycles. The van der Waals surface area contributed by atoms with Gasteiger partial charge in [-0.15, -0.1) is 11.6 Å². The number of carbonyl (C=O) groups is 1. The molecule has 0 spiro atoms. The molecule has 1 aromatic rings. The highest BCUT2D eigenvalue weighted by molar-refractivity contribution is 6.32. The van der Waals surface area contributed by atoms with Gasteiger partial charge in [0.2, 0.25) is 0 Å². The van der Waals surface area contributed by atoms with Gasteiger partial charge in [-0.05, 0) is 11.1 Å². The molecule has 17 heavy (non-hydrogen) atoms. The number of alkyl halides is 3. The minimum atomic E-state index is -2.80. The topological polar surface area (TPSA) is 39.2 Å². The van der Waals surface area contributed by atoms with Gasteiger partial charge in [-0.25, -0.2) is 8.78 Å². The van der Waals surface area contributed by atoms with Crippen molar-refractivity contribution in [1.29, 1.82) is 0 Å². The molecule has 0 aliphatic carbocycles. The number of hydrogen-bond donors (Lipinski definition) is 0. The van der Waals surface area contributed by atoms with Crippen molar-refractivity contribution >= 4 is 29.2 Å². The van der Waals surface area contributed by atoms with Crippen LogP contribution in [0.2, 0.25) is 5.02 Å². The number of hydrogen-bond acceptors (Lipinski definition) is 3. The lowest BCUT2D eigenvalue weighted by Gasteiger charge is -2.11. The lowest BCUT2D eigenvalue weighted by molar-refractivity contribution is -0.139. The molecule has 0 bridgehead atoms. The Balaban J connectivity index is 3.22. The van der Waals surface area contributed by atoms with Crippen molar-refractivity contribution in [3.05, 3.63) is 28.0 Å². The van der Waals surface area contributed by atoms with E-state index in [1.54, 1.807) is 0 Å². The van der Waals surface area contributed by atoms with Crippen LogP contribution in [0, 0.1) is 0 Å². The lowest BCUT2D eigenvalue weighted by atomic mass is 10.1. The number of aromatic nitrogens is 1. The molecule has 94 valence electrons. The minimum absolute atomic E-state index is 0.0303. The summed E-state index contributed by atoms with van der Waals surface area (Å²) >= 11 is 11.4. The molecule has 0 unspecified atom stereocenters. The number of nitrogens with zero attached hydrogens (tertiary/aromatic N) is 1. The molecule has 0 fully saturated rings. The van der Waals surface area contributed by atoms with Crippen LogP contribution in [0.4, 0.5) is 8.78 Å². The normalized spacial score (nSPS) is 10.7. The second-order valence-electron chi connectivity index (χ2n) is 3.15. The fourth-order valence-electron chi connectivity index (χ4n) is 1.25. The molecule has 1 heterocycles. The quantitative estimate of drug-likeness (QED) is 0.630. The van der Waals surface area contributed by atoms with Crippen LogP contribution in [0.1, 0.15) is 23.2 Å². The van der Waals surface area contributed by atoms with E-state index in [1.807, 2.05) is 0 Å². The van der Waals surface area contributed by atoms with Gasteiger partial charge in [0.25, 0.3) is 6.43 Å². The summed E-state index contributed by atoms with van der Waals surface area (Å²) in [6, 6.07) is 0. The van der Waals surface area contributed by atoms with Crippen LogP contribution in [0.25, 0.3) is 0 Å². The third-order valence-corrected chi connectivity index (χ3v) is 2.85. The number of pyridine rings is 1. The predicted molar refractivity (Wildman–Crippen MR) is 59.5 cm³/mol. The second kappa shape index (κ2) is 6.12. The first-order chi connectivity index (χ1) is 8.01. The van der Waals surface area contributed by atoms with Gasteiger partial charge in [0.05, 0.1) is 18.6 Å². The van der Waals surface area contributed by atoms with Gasteiger partial charge in [-0.3, -0.25) is 9.78 Å². The highest BCUT2D eigenvalue weighted by atomic mass is 35.5. The molecule has 0 aliphatic heterocycles. The van der Waals surface area contributed by atoms with E-state index in [1.165, 1.54) is 13.3 Å². The first kappa shape index (κ1) is 14.1. The molecule has 1 aromatic heterocycles. The Morgan fingerprint density at radius 1 is 1.59 bits per heavy atom. The molecule has 0 radical (unpaired) electrons. The molecule has 0 atom stereocenters. The van der Waals surface area contributed by atoms with E-state index >= 15 is 0 Å². The van der Waals surface area contributed by atoms with Gasteiger partial charge in [-0.1, -0.05) is 11.6 Å². The van der Waals surface area contributed by atoms with E-state index < -0.39 is 18.1 Å². The number of halogens is 4. The summed E-state index contributed by atoms with van der Waals surface area (Å²) in [7, 11) is 1.20. The van der Waals surface area contributed by atoms with Gasteiger partial charge in [0.1, 0.15) is 5.69 Å². The first-order valence-corrected chi connectivity index (χ1v) is 5.49. The fourth-order valence-corrected chi connectivity index (χ4v) is 1.80. The van der Waals surface area contributed by atoms with E-state index in [0.717, 1.165) is 0 Å². The van der Waals surface area contributed by atoms with Gasteiger partial charge in [0, 0.05) is 12.1 Å². The molecule has 0 saturated carbocycles. The van der Waals surface area contributed by atoms with Crippen LogP contribution in [-0.2, 0) is 21.8 Å². The Labute approximate surface area is 107 Å². The Kier molecular flexibility index (Phi) is 5.08. The summed E-state index contributed by atoms with van der Waals surface area (Å²) in [5.41, 5.74) is 0.115. The summed E-state index contributed by atoms with van der Waals surface area (Å²) in [5, 5.41) is -0.233. The Hall–Kier alpha value is -0.940. The third-order valence-electron chi connectivity index (χ3n) is 2.14. The van der Waals surface area contributed by atoms with Crippen LogP contribution in [0.3, 0.4) is 0 Å². The zero-order valence-electron chi connectivity index (χ0n) is 8.84. The average Bonchev–Trinajstić information content (AvgIpc) is 2.30. The monoisotopic (exact) mass is 283 g/mol. The van der Waals surface area contributed by atoms with E-state index in [2.05, 4.69) is 9.72 Å². The maximum absolute atomic E-state index is 12.6. The minimum Gasteiger partial charge on any atom is -0.469 e. The van der Waals surface area contributed by atoms with Gasteiger partial charge >= 0.3 is 5.97 Å². The number of rotatable bonds is 4. The molecule has 0 N–H and O–H groups in total. The molecular formula is C10H9Cl2F2NO2. The lowest BCUT2D eigenvalue weighted by Crippen LogP contribution is -2.09. The summed E-state index contributed by atoms with van der Waals surface area (Å²) in [6.07, 6.45) is -1.82. The van der Waals surface area contributed by atoms with Gasteiger partial charge in [-0.2, -0.15) is 0 Å². The Morgan fingerprint density at radius 3 is 2.71 bits per heavy atom. The van der Waals surface area contributed by atoms with Crippen LogP contribution in [0.15, 0.2) is 6.20 Å². The van der Waals surface area contributed by atoms with Crippen LogP contribution < -0.4 is 0 Å². The summed E-state index contributed by atoms with van der Waals surface area (Å²) in [6.45, 7) is 0. The zero-order chi connectivity index (χ0) is 13.0. The van der Waals surface area contributed by atoms with E-state index in [-0.39, 0.29) is 22.9 Å². The smallest absolute Gasteiger partial charge is 0.310 e. The Bertz CT molecular complexity index is 427. The van der Waals surface area contributed by atoms with Crippen molar-refractivity contribution < 1.29 is 18.3 Å². The predicted octanol–water partition coefficient (Wildman–Crippen LogP) is 3.13. The first-order valence-electron chi connectivity index (χ1n) is 4.58. The molecular weight excluding hydrogens is 275 g/mol. The fraction of sp³-hybridized carbons (Fsp3) is 0.400. The molecule has 3 nitrogen and oxygen atoms in total. The maximum atomic E-state index is 12.6. The summed E-state index contributed by atoms with van der Waals surface area (Å²) < 4.78 is 29.6. The molecule has 7 heteroatoms. The number of carbonyl (C=O) groups excluding carboxylic acids is 1. The van der Waals surface area contributed by atoms with Gasteiger partial charge < -0.3 is 4.74 Å². The zero-order valence-corrected chi connectivity index (χ0v) is 10.4. The van der Waals surface area contributed by atoms with Crippen molar-refractivity contribution in [3.8, 4) is 0 Å². The Morgan fingerprint density at radius 2 is 2.24 bits per heavy atom. The largest absolute Gasteiger partial charge is 0.469 e. The van der Waals surface area contributed by atoms with Crippen molar-refractivity contribution in [2.75, 3.05) is 7.11 Å². The van der Waals surface area contributed by atoms with Crippen molar-refractivity contribution in [2.24, 2.45) is 0 Å². The molecule has 0 aliphatic rings. The second-order valence-corrected chi connectivity index (χ2v) is 3.79. The van der Waals surface area contributed by atoms with Crippen LogP contribution in [-0.4, -0.2) is 18.1 Å². The molecule has 0 amide bonds. The highest BCUT2D eigenvalue weighted by Crippen LogP contribution is 2.30. The number of esters is 1. The maximum Gasteiger partial charge on any atom is 0.310 e. The third kappa shape index (κ3) is 3.26. The van der Waals surface area contributed by atoms with E-state index in [4.69, 9.17) is 23.2 Å². The van der Waals surface area contributed by atoms with Crippen LogP contribution >= 0.6 is 23.2 Å². The average molecular weight is 284 g/mol. The van der Waals surface area contributed by atoms with E-state index in [0.29, 0.717) is 5.56 Å². The van der Waals surface area contributed by atoms with Crippen molar-refractivity contribution in [3.63, 3.8) is 0 Å². The molecule has 0 saturated heterocycles. The number of methoxy groups -OCH3 is 1. The van der Waals surface area contributed by atoms with Crippen molar-refractivity contribution in [2.45, 2.75) is 18.7 Å². The van der Waals surface area contributed by atoms with E-state index in [9.17, 15) is 13.6 Å². The standard InChI is InChI=1S/C10H9Cl2F2NO2/c1-17-7(16)2-6-5(3-11)4-15-9(8(6)12)10(13)14/h4,10H,2-3H2,1H3. The number of ether oxygens (including phenoxy) is 1. The SMILES string of the molecule is COC(=O)Cc1c(CCl)cnc(C(F)F)c1Cl. The van der Waals surface area contributed by atoms with Crippen LogP contribution in [0.5, 0.6) is 0 Å². The van der Waals surface area contributed by atoms with Gasteiger partial charge in [0.15, 0.2) is 0 Å². The highest BCUT2D eigenvalue weighted by Gasteiger charge is 2.21. The van der Waals surface area contributed by atoms with Crippen molar-refractivity contribution in [1.82, 2.24) is 4.98 Å². The molecule has 1 rings (SSSR count). The summed E-state index contributed by atoms with van der Waals surface area (Å²) in [4.78, 5) is 14.7.